The van der Waals surface area contributed by atoms with Crippen molar-refractivity contribution in [1.29, 1.82) is 0 Å². The molecule has 1 aliphatic heterocycles. The molecule has 1 heterocycles. The maximum atomic E-state index is 11.0. The van der Waals surface area contributed by atoms with Crippen LogP contribution in [0.5, 0.6) is 0 Å². The molecule has 0 radical (unpaired) electrons. The third-order valence-electron chi connectivity index (χ3n) is 3.56. The van der Waals surface area contributed by atoms with Crippen LogP contribution in [0.2, 0.25) is 0 Å². The van der Waals surface area contributed by atoms with Crippen LogP contribution < -0.4 is 5.32 Å². The van der Waals surface area contributed by atoms with Crippen molar-refractivity contribution in [1.82, 2.24) is 5.32 Å². The fourth-order valence-electron chi connectivity index (χ4n) is 2.41. The lowest BCUT2D eigenvalue weighted by molar-refractivity contribution is -0.118. The Kier molecular flexibility index (Phi) is 9.45. The first-order valence-electron chi connectivity index (χ1n) is 7.74. The zero-order chi connectivity index (χ0) is 13.1. The number of rotatable bonds is 11. The summed E-state index contributed by atoms with van der Waals surface area (Å²) in [6.07, 6.45) is 15.0. The van der Waals surface area contributed by atoms with Crippen molar-refractivity contribution < 1.29 is 4.79 Å². The lowest BCUT2D eigenvalue weighted by Gasteiger charge is -2.08. The van der Waals surface area contributed by atoms with Crippen LogP contribution in [0.1, 0.15) is 77.6 Å². The van der Waals surface area contributed by atoms with Crippen molar-refractivity contribution in [2.75, 3.05) is 5.75 Å². The minimum Gasteiger partial charge on any atom is -0.344 e. The highest BCUT2D eigenvalue weighted by Crippen LogP contribution is 2.20. The van der Waals surface area contributed by atoms with Gasteiger partial charge < -0.3 is 5.32 Å². The minimum absolute atomic E-state index is 0.220. The number of hydrogen-bond donors (Lipinski definition) is 1. The quantitative estimate of drug-likeness (QED) is 0.561. The van der Waals surface area contributed by atoms with Gasteiger partial charge in [-0.1, -0.05) is 71.1 Å². The van der Waals surface area contributed by atoms with E-state index in [1.807, 2.05) is 0 Å². The van der Waals surface area contributed by atoms with Gasteiger partial charge in [0.2, 0.25) is 5.91 Å². The van der Waals surface area contributed by atoms with Crippen LogP contribution in [0.4, 0.5) is 0 Å². The Labute approximate surface area is 117 Å². The number of amides is 1. The molecule has 1 atom stereocenters. The van der Waals surface area contributed by atoms with E-state index < -0.39 is 0 Å². The number of nitrogens with one attached hydrogen (secondary N) is 1. The molecule has 1 N–H and O–H groups in total. The number of unbranched alkanes of at least 4 members (excludes halogenated alkanes) is 9. The van der Waals surface area contributed by atoms with Gasteiger partial charge >= 0.3 is 0 Å². The van der Waals surface area contributed by atoms with Gasteiger partial charge in [0.25, 0.3) is 0 Å². The second kappa shape index (κ2) is 10.7. The predicted octanol–water partition coefficient (Wildman–Crippen LogP) is 4.49. The standard InChI is InChI=1S/C15H29NOS/c1-2-3-4-5-6-7-8-9-10-11-12-15-16-14(17)13-18-15/h15H,2-13H2,1H3,(H,16,17). The number of thioether (sulfide) groups is 1. The van der Waals surface area contributed by atoms with Gasteiger partial charge in [0.15, 0.2) is 0 Å². The van der Waals surface area contributed by atoms with E-state index in [0.717, 1.165) is 6.42 Å². The Morgan fingerprint density at radius 2 is 1.56 bits per heavy atom. The smallest absolute Gasteiger partial charge is 0.230 e. The Bertz CT molecular complexity index is 221. The Balaban J connectivity index is 1.75. The van der Waals surface area contributed by atoms with Gasteiger partial charge in [0, 0.05) is 0 Å². The van der Waals surface area contributed by atoms with E-state index in [2.05, 4.69) is 12.2 Å². The monoisotopic (exact) mass is 271 g/mol. The van der Waals surface area contributed by atoms with Crippen molar-refractivity contribution >= 4 is 17.7 Å². The summed E-state index contributed by atoms with van der Waals surface area (Å²) in [5, 5.41) is 3.42. The van der Waals surface area contributed by atoms with Crippen LogP contribution in [0.15, 0.2) is 0 Å². The maximum Gasteiger partial charge on any atom is 0.230 e. The molecule has 1 rings (SSSR count). The first-order valence-corrected chi connectivity index (χ1v) is 8.78. The number of carbonyl (C=O) groups excluding carboxylic acids is 1. The lowest BCUT2D eigenvalue weighted by Crippen LogP contribution is -2.24. The molecular formula is C15H29NOS. The molecule has 106 valence electrons. The average Bonchev–Trinajstić information content (AvgIpc) is 2.77. The summed E-state index contributed by atoms with van der Waals surface area (Å²) >= 11 is 1.77. The van der Waals surface area contributed by atoms with Gasteiger partial charge in [-0.2, -0.15) is 0 Å². The van der Waals surface area contributed by atoms with E-state index in [9.17, 15) is 4.79 Å². The van der Waals surface area contributed by atoms with Gasteiger partial charge in [-0.3, -0.25) is 4.79 Å². The van der Waals surface area contributed by atoms with Crippen molar-refractivity contribution in [3.63, 3.8) is 0 Å². The van der Waals surface area contributed by atoms with E-state index in [1.54, 1.807) is 11.8 Å². The zero-order valence-electron chi connectivity index (χ0n) is 11.9. The molecule has 1 saturated heterocycles. The molecule has 0 spiro atoms. The van der Waals surface area contributed by atoms with E-state index >= 15 is 0 Å². The summed E-state index contributed by atoms with van der Waals surface area (Å²) in [4.78, 5) is 11.0. The highest BCUT2D eigenvalue weighted by molar-refractivity contribution is 8.01. The van der Waals surface area contributed by atoms with Crippen LogP contribution >= 0.6 is 11.8 Å². The third-order valence-corrected chi connectivity index (χ3v) is 4.74. The molecule has 3 heteroatoms. The second-order valence-corrected chi connectivity index (χ2v) is 6.53. The van der Waals surface area contributed by atoms with E-state index in [-0.39, 0.29) is 5.91 Å². The summed E-state index contributed by atoms with van der Waals surface area (Å²) in [7, 11) is 0. The Hall–Kier alpha value is -0.180. The molecular weight excluding hydrogens is 242 g/mol. The van der Waals surface area contributed by atoms with Crippen LogP contribution in [0, 0.1) is 0 Å². The molecule has 1 unspecified atom stereocenters. The molecule has 1 amide bonds. The third kappa shape index (κ3) is 8.02. The van der Waals surface area contributed by atoms with Gasteiger partial charge in [0.05, 0.1) is 11.1 Å². The van der Waals surface area contributed by atoms with Crippen molar-refractivity contribution in [3.05, 3.63) is 0 Å². The van der Waals surface area contributed by atoms with Gasteiger partial charge in [0.1, 0.15) is 0 Å². The summed E-state index contributed by atoms with van der Waals surface area (Å²) in [5.41, 5.74) is 0. The molecule has 0 saturated carbocycles. The first-order chi connectivity index (χ1) is 8.83. The normalized spacial score (nSPS) is 19.2. The topological polar surface area (TPSA) is 29.1 Å². The van der Waals surface area contributed by atoms with Crippen molar-refractivity contribution in [2.45, 2.75) is 82.9 Å². The van der Waals surface area contributed by atoms with Gasteiger partial charge in [-0.15, -0.1) is 11.8 Å². The largest absolute Gasteiger partial charge is 0.344 e. The van der Waals surface area contributed by atoms with Crippen LogP contribution in [-0.2, 0) is 4.79 Å². The second-order valence-electron chi connectivity index (χ2n) is 5.34. The average molecular weight is 271 g/mol. The molecule has 0 aromatic heterocycles. The number of carbonyl (C=O) groups is 1. The van der Waals surface area contributed by atoms with E-state index in [1.165, 1.54) is 64.2 Å². The SMILES string of the molecule is CCCCCCCCCCCCC1NC(=O)CS1. The highest BCUT2D eigenvalue weighted by Gasteiger charge is 2.20. The molecule has 18 heavy (non-hydrogen) atoms. The first kappa shape index (κ1) is 15.9. The van der Waals surface area contributed by atoms with Crippen molar-refractivity contribution in [3.8, 4) is 0 Å². The number of hydrogen-bond acceptors (Lipinski definition) is 2. The zero-order valence-corrected chi connectivity index (χ0v) is 12.7. The maximum absolute atomic E-state index is 11.0. The molecule has 1 fully saturated rings. The Morgan fingerprint density at radius 1 is 1.00 bits per heavy atom. The lowest BCUT2D eigenvalue weighted by atomic mass is 10.1. The highest BCUT2D eigenvalue weighted by atomic mass is 32.2. The molecule has 0 bridgehead atoms. The summed E-state index contributed by atoms with van der Waals surface area (Å²) in [6, 6.07) is 0. The molecule has 0 aliphatic carbocycles. The van der Waals surface area contributed by atoms with E-state index in [4.69, 9.17) is 0 Å². The molecule has 0 aromatic carbocycles. The molecule has 2 nitrogen and oxygen atoms in total. The van der Waals surface area contributed by atoms with Gasteiger partial charge in [-0.25, -0.2) is 0 Å². The molecule has 0 aromatic rings. The fourth-order valence-corrected chi connectivity index (χ4v) is 3.40. The predicted molar refractivity (Wildman–Crippen MR) is 80.8 cm³/mol. The molecule has 1 aliphatic rings. The summed E-state index contributed by atoms with van der Waals surface area (Å²) < 4.78 is 0. The fraction of sp³-hybridized carbons (Fsp3) is 0.933. The van der Waals surface area contributed by atoms with Crippen LogP contribution in [0.25, 0.3) is 0 Å². The van der Waals surface area contributed by atoms with Crippen LogP contribution in [0.3, 0.4) is 0 Å². The van der Waals surface area contributed by atoms with E-state index in [0.29, 0.717) is 11.1 Å². The van der Waals surface area contributed by atoms with Crippen molar-refractivity contribution in [2.24, 2.45) is 0 Å². The minimum atomic E-state index is 0.220. The summed E-state index contributed by atoms with van der Waals surface area (Å²) in [6.45, 7) is 2.27. The van der Waals surface area contributed by atoms with Crippen LogP contribution in [-0.4, -0.2) is 17.0 Å². The summed E-state index contributed by atoms with van der Waals surface area (Å²) in [5.74, 6) is 0.889. The Morgan fingerprint density at radius 3 is 2.06 bits per heavy atom. The van der Waals surface area contributed by atoms with Gasteiger partial charge in [-0.05, 0) is 6.42 Å².